The van der Waals surface area contributed by atoms with Gasteiger partial charge >= 0.3 is 0 Å². The lowest BCUT2D eigenvalue weighted by Crippen LogP contribution is -2.07. The smallest absolute Gasteiger partial charge is 0.161 e. The zero-order valence-corrected chi connectivity index (χ0v) is 13.5. The Balaban J connectivity index is 3.07. The van der Waals surface area contributed by atoms with Crippen molar-refractivity contribution in [3.63, 3.8) is 0 Å². The zero-order chi connectivity index (χ0) is 12.1. The lowest BCUT2D eigenvalue weighted by molar-refractivity contribution is 0.230. The van der Waals surface area contributed by atoms with Crippen LogP contribution in [0.5, 0.6) is 11.5 Å². The van der Waals surface area contributed by atoms with Crippen LogP contribution in [0.15, 0.2) is 16.6 Å². The molecule has 0 fully saturated rings. The lowest BCUT2D eigenvalue weighted by atomic mass is 10.1. The third-order valence-electron chi connectivity index (χ3n) is 2.06. The van der Waals surface area contributed by atoms with Crippen LogP contribution in [0.3, 0.4) is 0 Å². The average molecular weight is 399 g/mol. The molecule has 1 rings (SSSR count). The Kier molecular flexibility index (Phi) is 5.89. The summed E-state index contributed by atoms with van der Waals surface area (Å²) in [5.41, 5.74) is 1.26. The van der Waals surface area contributed by atoms with Gasteiger partial charge in [-0.2, -0.15) is 0 Å². The average Bonchev–Trinajstić information content (AvgIpc) is 2.22. The molecule has 0 spiro atoms. The molecule has 16 heavy (non-hydrogen) atoms. The van der Waals surface area contributed by atoms with E-state index in [1.54, 1.807) is 7.11 Å². The first kappa shape index (κ1) is 14.1. The fourth-order valence-electron chi connectivity index (χ4n) is 1.38. The van der Waals surface area contributed by atoms with Crippen LogP contribution < -0.4 is 9.47 Å². The van der Waals surface area contributed by atoms with E-state index < -0.39 is 0 Å². The minimum absolute atomic E-state index is 0.155. The molecule has 1 aromatic rings. The molecular weight excluding hydrogens is 383 g/mol. The van der Waals surface area contributed by atoms with E-state index in [9.17, 15) is 0 Å². The van der Waals surface area contributed by atoms with Crippen molar-refractivity contribution in [3.8, 4) is 11.5 Å². The van der Waals surface area contributed by atoms with Crippen LogP contribution in [-0.4, -0.2) is 17.6 Å². The van der Waals surface area contributed by atoms with E-state index in [1.807, 2.05) is 19.9 Å². The van der Waals surface area contributed by atoms with E-state index in [4.69, 9.17) is 9.47 Å². The summed E-state index contributed by atoms with van der Waals surface area (Å²) in [6.07, 6.45) is 1.18. The van der Waals surface area contributed by atoms with Gasteiger partial charge in [0.2, 0.25) is 0 Å². The molecule has 0 atom stereocenters. The van der Waals surface area contributed by atoms with Crippen molar-refractivity contribution in [1.82, 2.24) is 0 Å². The Labute approximate surface area is 119 Å². The van der Waals surface area contributed by atoms with Gasteiger partial charge < -0.3 is 9.47 Å². The second-order valence-corrected chi connectivity index (χ2v) is 5.63. The van der Waals surface area contributed by atoms with E-state index in [-0.39, 0.29) is 6.10 Å². The molecule has 4 heteroatoms. The molecule has 0 saturated heterocycles. The second kappa shape index (κ2) is 6.69. The molecule has 0 unspecified atom stereocenters. The predicted octanol–water partition coefficient (Wildman–Crippen LogP) is 4.22. The van der Waals surface area contributed by atoms with E-state index >= 15 is 0 Å². The summed E-state index contributed by atoms with van der Waals surface area (Å²) < 4.78 is 13.2. The van der Waals surface area contributed by atoms with Crippen LogP contribution in [0.25, 0.3) is 0 Å². The Morgan fingerprint density at radius 1 is 1.31 bits per heavy atom. The maximum absolute atomic E-state index is 5.73. The van der Waals surface area contributed by atoms with E-state index in [2.05, 4.69) is 44.6 Å². The Morgan fingerprint density at radius 2 is 2.00 bits per heavy atom. The van der Waals surface area contributed by atoms with Gasteiger partial charge in [-0.15, -0.1) is 0 Å². The molecular formula is C12H16BrIO2. The first-order valence-electron chi connectivity index (χ1n) is 5.17. The standard InChI is InChI=1S/C12H16BrIO2/c1-8(2)16-12-6-9(4-5-14)10(13)7-11(12)15-3/h6-8H,4-5H2,1-3H3. The zero-order valence-electron chi connectivity index (χ0n) is 9.72. The number of hydrogen-bond donors (Lipinski definition) is 0. The van der Waals surface area contributed by atoms with E-state index in [1.165, 1.54) is 5.56 Å². The summed E-state index contributed by atoms with van der Waals surface area (Å²) in [6, 6.07) is 4.03. The highest BCUT2D eigenvalue weighted by atomic mass is 127. The van der Waals surface area contributed by atoms with Gasteiger partial charge in [-0.25, -0.2) is 0 Å². The number of aryl methyl sites for hydroxylation is 1. The van der Waals surface area contributed by atoms with Crippen LogP contribution >= 0.6 is 38.5 Å². The van der Waals surface area contributed by atoms with Gasteiger partial charge in [0.25, 0.3) is 0 Å². The third kappa shape index (κ3) is 3.80. The van der Waals surface area contributed by atoms with Gasteiger partial charge in [-0.05, 0) is 38.0 Å². The molecule has 0 heterocycles. The molecule has 0 aromatic heterocycles. The second-order valence-electron chi connectivity index (χ2n) is 3.70. The van der Waals surface area contributed by atoms with Crippen molar-refractivity contribution in [2.45, 2.75) is 26.4 Å². The van der Waals surface area contributed by atoms with Gasteiger partial charge in [0.1, 0.15) is 0 Å². The van der Waals surface area contributed by atoms with Crippen LogP contribution in [0, 0.1) is 0 Å². The summed E-state index contributed by atoms with van der Waals surface area (Å²) in [5, 5.41) is 0. The first-order valence-corrected chi connectivity index (χ1v) is 7.49. The van der Waals surface area contributed by atoms with Crippen molar-refractivity contribution in [2.75, 3.05) is 11.5 Å². The molecule has 90 valence electrons. The van der Waals surface area contributed by atoms with Gasteiger partial charge in [0.15, 0.2) is 11.5 Å². The van der Waals surface area contributed by atoms with Gasteiger partial charge in [0.05, 0.1) is 13.2 Å². The number of halogens is 2. The molecule has 0 radical (unpaired) electrons. The number of methoxy groups -OCH3 is 1. The Morgan fingerprint density at radius 3 is 2.50 bits per heavy atom. The minimum atomic E-state index is 0.155. The first-order chi connectivity index (χ1) is 7.58. The molecule has 1 aromatic carbocycles. The van der Waals surface area contributed by atoms with E-state index in [0.29, 0.717) is 0 Å². The fraction of sp³-hybridized carbons (Fsp3) is 0.500. The summed E-state index contributed by atoms with van der Waals surface area (Å²) in [4.78, 5) is 0. The van der Waals surface area contributed by atoms with Crippen molar-refractivity contribution >= 4 is 38.5 Å². The Hall–Kier alpha value is 0.0300. The molecule has 2 nitrogen and oxygen atoms in total. The molecule has 0 N–H and O–H groups in total. The normalized spacial score (nSPS) is 10.6. The van der Waals surface area contributed by atoms with Crippen molar-refractivity contribution < 1.29 is 9.47 Å². The van der Waals surface area contributed by atoms with Gasteiger partial charge in [0, 0.05) is 8.90 Å². The third-order valence-corrected chi connectivity index (χ3v) is 3.34. The molecule has 0 aliphatic heterocycles. The minimum Gasteiger partial charge on any atom is -0.493 e. The lowest BCUT2D eigenvalue weighted by Gasteiger charge is -2.15. The molecule has 0 saturated carbocycles. The van der Waals surface area contributed by atoms with Crippen LogP contribution in [0.1, 0.15) is 19.4 Å². The van der Waals surface area contributed by atoms with Gasteiger partial charge in [-0.1, -0.05) is 38.5 Å². The molecule has 0 amide bonds. The topological polar surface area (TPSA) is 18.5 Å². The van der Waals surface area contributed by atoms with Crippen molar-refractivity contribution in [2.24, 2.45) is 0 Å². The predicted molar refractivity (Wildman–Crippen MR) is 79.0 cm³/mol. The summed E-state index contributed by atoms with van der Waals surface area (Å²) in [7, 11) is 1.66. The number of rotatable bonds is 5. The maximum atomic E-state index is 5.73. The molecule has 0 bridgehead atoms. The Bertz CT molecular complexity index is 353. The quantitative estimate of drug-likeness (QED) is 0.546. The largest absolute Gasteiger partial charge is 0.493 e. The summed E-state index contributed by atoms with van der Waals surface area (Å²) in [5.74, 6) is 1.60. The fourth-order valence-corrected chi connectivity index (χ4v) is 2.48. The van der Waals surface area contributed by atoms with Crippen LogP contribution in [-0.2, 0) is 6.42 Å². The van der Waals surface area contributed by atoms with E-state index in [0.717, 1.165) is 26.8 Å². The monoisotopic (exact) mass is 398 g/mol. The summed E-state index contributed by atoms with van der Waals surface area (Å²) in [6.45, 7) is 4.03. The highest BCUT2D eigenvalue weighted by molar-refractivity contribution is 14.1. The van der Waals surface area contributed by atoms with Crippen LogP contribution in [0.4, 0.5) is 0 Å². The number of hydrogen-bond acceptors (Lipinski definition) is 2. The highest BCUT2D eigenvalue weighted by Crippen LogP contribution is 2.34. The van der Waals surface area contributed by atoms with Crippen molar-refractivity contribution in [1.29, 1.82) is 0 Å². The number of alkyl halides is 1. The highest BCUT2D eigenvalue weighted by Gasteiger charge is 2.11. The van der Waals surface area contributed by atoms with Crippen molar-refractivity contribution in [3.05, 3.63) is 22.2 Å². The SMILES string of the molecule is COc1cc(Br)c(CCI)cc1OC(C)C. The van der Waals surface area contributed by atoms with Gasteiger partial charge in [-0.3, -0.25) is 0 Å². The van der Waals surface area contributed by atoms with Crippen LogP contribution in [0.2, 0.25) is 0 Å². The molecule has 0 aliphatic rings. The number of ether oxygens (including phenoxy) is 2. The molecule has 0 aliphatic carbocycles. The number of benzene rings is 1. The maximum Gasteiger partial charge on any atom is 0.161 e. The summed E-state index contributed by atoms with van der Waals surface area (Å²) >= 11 is 5.92.